The topological polar surface area (TPSA) is 207 Å². The summed E-state index contributed by atoms with van der Waals surface area (Å²) in [6.07, 6.45) is 11.3. The molecule has 0 saturated carbocycles. The highest BCUT2D eigenvalue weighted by Crippen LogP contribution is 2.10. The highest BCUT2D eigenvalue weighted by atomic mass is 16.5. The van der Waals surface area contributed by atoms with Gasteiger partial charge in [0.05, 0.1) is 26.4 Å². The van der Waals surface area contributed by atoms with Crippen LogP contribution in [0.3, 0.4) is 0 Å². The van der Waals surface area contributed by atoms with Gasteiger partial charge in [0, 0.05) is 58.4 Å². The number of unbranched alkanes of at least 4 members (excludes halogenated alkanes) is 7. The van der Waals surface area contributed by atoms with Gasteiger partial charge in [-0.05, 0) is 32.1 Å². The molecule has 0 fully saturated rings. The summed E-state index contributed by atoms with van der Waals surface area (Å²) in [4.78, 5) is 67.3. The monoisotopic (exact) mass is 644 g/mol. The minimum absolute atomic E-state index is 0.0524. The van der Waals surface area contributed by atoms with E-state index in [9.17, 15) is 28.8 Å². The zero-order valence-corrected chi connectivity index (χ0v) is 26.6. The lowest BCUT2D eigenvalue weighted by atomic mass is 10.1. The zero-order valence-electron chi connectivity index (χ0n) is 26.6. The van der Waals surface area contributed by atoms with Crippen molar-refractivity contribution >= 4 is 35.9 Å². The summed E-state index contributed by atoms with van der Waals surface area (Å²) in [5, 5.41) is 25.5. The van der Waals surface area contributed by atoms with Gasteiger partial charge in [-0.3, -0.25) is 24.0 Å². The fourth-order valence-corrected chi connectivity index (χ4v) is 4.10. The standard InChI is InChI=1S/C31H54N3O11/c35-19-9-12-26(31(41)42)34-29(38)16-15-28(37)33-18-11-21-44-23-25-45-24-22-43-20-10-17-32-27(36)13-7-5-3-1-2-4-6-8-14-30(39)40/h26H,1-18,20-25H2,(H,32,36)(H,33,37)(H,34,38)(H,39,40)(H,41,42)/t26-/m0/s1. The molecule has 259 valence electrons. The number of rotatable bonds is 33. The zero-order chi connectivity index (χ0) is 33.4. The Morgan fingerprint density at radius 2 is 1.00 bits per heavy atom. The van der Waals surface area contributed by atoms with E-state index in [0.29, 0.717) is 65.6 Å². The molecule has 14 nitrogen and oxygen atoms in total. The van der Waals surface area contributed by atoms with Crippen LogP contribution >= 0.6 is 0 Å². The summed E-state index contributed by atoms with van der Waals surface area (Å²) in [5.74, 6) is -2.81. The summed E-state index contributed by atoms with van der Waals surface area (Å²) in [6.45, 7) is 3.62. The van der Waals surface area contributed by atoms with Crippen molar-refractivity contribution in [2.24, 2.45) is 0 Å². The highest BCUT2D eigenvalue weighted by molar-refractivity contribution is 5.87. The number of hydrogen-bond acceptors (Lipinski definition) is 9. The SMILES string of the molecule is O=[C]CC[C@H](NC(=O)CCC(=O)NCCCOCCOCCOCCCNC(=O)CCCCCCCCCCC(=O)O)C(=O)O. The van der Waals surface area contributed by atoms with E-state index < -0.39 is 23.9 Å². The molecule has 0 unspecified atom stereocenters. The number of amides is 3. The van der Waals surface area contributed by atoms with Crippen LogP contribution in [0, 0.1) is 0 Å². The van der Waals surface area contributed by atoms with Crippen LogP contribution in [-0.4, -0.2) is 105 Å². The van der Waals surface area contributed by atoms with Crippen molar-refractivity contribution in [3.05, 3.63) is 0 Å². The van der Waals surface area contributed by atoms with Crippen LogP contribution in [0.15, 0.2) is 0 Å². The van der Waals surface area contributed by atoms with Crippen LogP contribution in [-0.2, 0) is 43.0 Å². The first-order chi connectivity index (χ1) is 21.8. The van der Waals surface area contributed by atoms with Gasteiger partial charge in [-0.2, -0.15) is 0 Å². The quantitative estimate of drug-likeness (QED) is 0.0655. The van der Waals surface area contributed by atoms with Gasteiger partial charge in [0.15, 0.2) is 6.29 Å². The molecule has 0 aromatic heterocycles. The average molecular weight is 645 g/mol. The summed E-state index contributed by atoms with van der Waals surface area (Å²) >= 11 is 0. The first-order valence-corrected chi connectivity index (χ1v) is 16.1. The third-order valence-electron chi connectivity index (χ3n) is 6.61. The third-order valence-corrected chi connectivity index (χ3v) is 6.61. The lowest BCUT2D eigenvalue weighted by Crippen LogP contribution is -2.41. The maximum absolute atomic E-state index is 11.9. The largest absolute Gasteiger partial charge is 0.481 e. The molecule has 0 heterocycles. The van der Waals surface area contributed by atoms with Crippen LogP contribution in [0.4, 0.5) is 0 Å². The van der Waals surface area contributed by atoms with Gasteiger partial charge in [0.2, 0.25) is 17.7 Å². The second-order valence-electron chi connectivity index (χ2n) is 10.6. The van der Waals surface area contributed by atoms with E-state index in [-0.39, 0.29) is 43.9 Å². The molecule has 0 rings (SSSR count). The Hall–Kier alpha value is -3.10. The molecule has 45 heavy (non-hydrogen) atoms. The van der Waals surface area contributed by atoms with Gasteiger partial charge in [0.1, 0.15) is 6.04 Å². The minimum Gasteiger partial charge on any atom is -0.481 e. The van der Waals surface area contributed by atoms with Gasteiger partial charge < -0.3 is 40.4 Å². The van der Waals surface area contributed by atoms with Crippen LogP contribution in [0.25, 0.3) is 0 Å². The maximum Gasteiger partial charge on any atom is 0.326 e. The van der Waals surface area contributed by atoms with Crippen molar-refractivity contribution < 1.29 is 53.2 Å². The Kier molecular flexibility index (Phi) is 28.8. The van der Waals surface area contributed by atoms with Crippen LogP contribution < -0.4 is 16.0 Å². The number of ether oxygens (including phenoxy) is 3. The first kappa shape index (κ1) is 41.9. The molecule has 0 bridgehead atoms. The Labute approximate surface area is 266 Å². The molecule has 0 aliphatic rings. The Morgan fingerprint density at radius 3 is 1.49 bits per heavy atom. The first-order valence-electron chi connectivity index (χ1n) is 16.1. The number of carbonyl (C=O) groups excluding carboxylic acids is 4. The van der Waals surface area contributed by atoms with Crippen molar-refractivity contribution in [3.8, 4) is 0 Å². The molecule has 0 saturated heterocycles. The number of carboxylic acids is 2. The van der Waals surface area contributed by atoms with Gasteiger partial charge in [-0.25, -0.2) is 4.79 Å². The smallest absolute Gasteiger partial charge is 0.326 e. The van der Waals surface area contributed by atoms with Crippen molar-refractivity contribution in [1.29, 1.82) is 0 Å². The lowest BCUT2D eigenvalue weighted by Gasteiger charge is -2.13. The van der Waals surface area contributed by atoms with E-state index in [1.165, 1.54) is 0 Å². The molecule has 1 atom stereocenters. The molecule has 5 N–H and O–H groups in total. The van der Waals surface area contributed by atoms with E-state index in [2.05, 4.69) is 16.0 Å². The van der Waals surface area contributed by atoms with Gasteiger partial charge >= 0.3 is 11.9 Å². The van der Waals surface area contributed by atoms with Gasteiger partial charge in [-0.15, -0.1) is 0 Å². The van der Waals surface area contributed by atoms with Crippen LogP contribution in [0.5, 0.6) is 0 Å². The fourth-order valence-electron chi connectivity index (χ4n) is 4.10. The highest BCUT2D eigenvalue weighted by Gasteiger charge is 2.19. The summed E-state index contributed by atoms with van der Waals surface area (Å²) in [6, 6.07) is -1.18. The number of carbonyl (C=O) groups is 5. The minimum atomic E-state index is -1.24. The summed E-state index contributed by atoms with van der Waals surface area (Å²) in [5.41, 5.74) is 0. The van der Waals surface area contributed by atoms with E-state index in [0.717, 1.165) is 57.8 Å². The third kappa shape index (κ3) is 30.7. The number of nitrogens with one attached hydrogen (secondary N) is 3. The lowest BCUT2D eigenvalue weighted by molar-refractivity contribution is -0.142. The van der Waals surface area contributed by atoms with Crippen LogP contribution in [0.2, 0.25) is 0 Å². The summed E-state index contributed by atoms with van der Waals surface area (Å²) < 4.78 is 16.4. The Morgan fingerprint density at radius 1 is 0.556 bits per heavy atom. The molecular weight excluding hydrogens is 590 g/mol. The number of aliphatic carboxylic acids is 2. The number of carboxylic acid groups (broad SMARTS) is 2. The van der Waals surface area contributed by atoms with Crippen molar-refractivity contribution in [2.45, 2.75) is 109 Å². The second-order valence-corrected chi connectivity index (χ2v) is 10.6. The molecule has 0 aliphatic carbocycles. The molecule has 1 radical (unpaired) electrons. The van der Waals surface area contributed by atoms with Gasteiger partial charge in [0.25, 0.3) is 0 Å². The van der Waals surface area contributed by atoms with Crippen molar-refractivity contribution in [2.75, 3.05) is 52.7 Å². The Balaban J connectivity index is 3.41. The van der Waals surface area contributed by atoms with E-state index >= 15 is 0 Å². The predicted octanol–water partition coefficient (Wildman–Crippen LogP) is 2.27. The molecule has 14 heteroatoms. The number of hydrogen-bond donors (Lipinski definition) is 5. The van der Waals surface area contributed by atoms with E-state index in [1.807, 2.05) is 0 Å². The molecule has 0 aromatic rings. The normalized spacial score (nSPS) is 11.5. The van der Waals surface area contributed by atoms with Crippen LogP contribution in [0.1, 0.15) is 103 Å². The maximum atomic E-state index is 11.9. The second kappa shape index (κ2) is 30.9. The predicted molar refractivity (Wildman–Crippen MR) is 165 cm³/mol. The van der Waals surface area contributed by atoms with E-state index in [1.54, 1.807) is 6.29 Å². The molecule has 0 aliphatic heterocycles. The van der Waals surface area contributed by atoms with Crippen molar-refractivity contribution in [1.82, 2.24) is 16.0 Å². The fraction of sp³-hybridized carbons (Fsp3) is 0.806. The molecular formula is C31H54N3O11. The summed E-state index contributed by atoms with van der Waals surface area (Å²) in [7, 11) is 0. The average Bonchev–Trinajstić information content (AvgIpc) is 3.00. The molecule has 0 aromatic carbocycles. The van der Waals surface area contributed by atoms with Crippen molar-refractivity contribution in [3.63, 3.8) is 0 Å². The molecule has 0 spiro atoms. The van der Waals surface area contributed by atoms with E-state index in [4.69, 9.17) is 24.4 Å². The Bertz CT molecular complexity index is 827. The van der Waals surface area contributed by atoms with Gasteiger partial charge in [-0.1, -0.05) is 38.5 Å². The molecule has 3 amide bonds.